The monoisotopic (exact) mass is 393 g/mol. The maximum Gasteiger partial charge on any atom is 0.271 e. The minimum atomic E-state index is -3.15. The van der Waals surface area contributed by atoms with Crippen LogP contribution in [0.25, 0.3) is 0 Å². The van der Waals surface area contributed by atoms with Gasteiger partial charge in [0, 0.05) is 12.8 Å². The number of carbonyl (C=O) groups excluding carboxylic acids is 2. The van der Waals surface area contributed by atoms with E-state index in [-0.39, 0.29) is 36.0 Å². The molecule has 0 aromatic heterocycles. The van der Waals surface area contributed by atoms with Gasteiger partial charge in [0.2, 0.25) is 5.91 Å². The molecule has 2 aliphatic rings. The summed E-state index contributed by atoms with van der Waals surface area (Å²) in [7, 11) is -3.15. The van der Waals surface area contributed by atoms with E-state index in [1.807, 2.05) is 13.0 Å². The zero-order chi connectivity index (χ0) is 19.4. The predicted molar refractivity (Wildman–Crippen MR) is 101 cm³/mol. The van der Waals surface area contributed by atoms with E-state index in [0.29, 0.717) is 24.5 Å². The minimum Gasteiger partial charge on any atom is -0.491 e. The topological polar surface area (TPSA) is 105 Å². The van der Waals surface area contributed by atoms with Crippen LogP contribution in [-0.2, 0) is 19.4 Å². The number of hydrogen-bond acceptors (Lipinski definition) is 6. The smallest absolute Gasteiger partial charge is 0.271 e. The van der Waals surface area contributed by atoms with Gasteiger partial charge in [-0.05, 0) is 25.0 Å². The Morgan fingerprint density at radius 2 is 2.11 bits per heavy atom. The summed E-state index contributed by atoms with van der Waals surface area (Å²) in [5, 5.41) is 8.14. The lowest BCUT2D eigenvalue weighted by Crippen LogP contribution is -2.42. The van der Waals surface area contributed by atoms with Crippen LogP contribution in [0.3, 0.4) is 0 Å². The number of hydrazone groups is 1. The van der Waals surface area contributed by atoms with Gasteiger partial charge in [-0.25, -0.2) is 13.4 Å². The van der Waals surface area contributed by atoms with Crippen LogP contribution < -0.4 is 10.1 Å². The zero-order valence-electron chi connectivity index (χ0n) is 15.2. The highest BCUT2D eigenvalue weighted by atomic mass is 32.2. The fourth-order valence-corrected chi connectivity index (χ4v) is 4.78. The number of anilines is 1. The molecule has 0 radical (unpaired) electrons. The molecule has 0 bridgehead atoms. The van der Waals surface area contributed by atoms with Crippen LogP contribution in [-0.4, -0.2) is 55.1 Å². The average molecular weight is 393 g/mol. The summed E-state index contributed by atoms with van der Waals surface area (Å²) in [6.07, 6.45) is 1.55. The fourth-order valence-electron chi connectivity index (χ4n) is 3.09. The fraction of sp³-hybridized carbons (Fsp3) is 0.500. The summed E-state index contributed by atoms with van der Waals surface area (Å²) in [5.74, 6) is -0.161. The first kappa shape index (κ1) is 19.3. The van der Waals surface area contributed by atoms with E-state index in [2.05, 4.69) is 10.4 Å². The number of nitrogens with zero attached hydrogens (tertiary/aromatic N) is 2. The first-order valence-corrected chi connectivity index (χ1v) is 10.8. The van der Waals surface area contributed by atoms with E-state index in [9.17, 15) is 18.0 Å². The molecule has 1 saturated heterocycles. The Morgan fingerprint density at radius 3 is 2.81 bits per heavy atom. The molecular formula is C18H23N3O5S. The summed E-state index contributed by atoms with van der Waals surface area (Å²) < 4.78 is 29.0. The molecule has 1 atom stereocenters. The van der Waals surface area contributed by atoms with E-state index in [4.69, 9.17) is 4.74 Å². The van der Waals surface area contributed by atoms with Crippen molar-refractivity contribution in [3.63, 3.8) is 0 Å². The zero-order valence-corrected chi connectivity index (χ0v) is 16.0. The molecule has 2 heterocycles. The Morgan fingerprint density at radius 1 is 1.33 bits per heavy atom. The molecule has 8 nitrogen and oxygen atoms in total. The standard InChI is InChI=1S/C18H23N3O5S/c1-2-10-26-16-6-4-3-5-14(16)19-18(23)15-7-8-17(22)21(20-15)13-9-11-27(24,25)12-13/h3-6,13H,2,7-12H2,1H3,(H,19,23). The van der Waals surface area contributed by atoms with Crippen molar-refractivity contribution in [2.45, 2.75) is 38.6 Å². The van der Waals surface area contributed by atoms with Crippen LogP contribution >= 0.6 is 0 Å². The van der Waals surface area contributed by atoms with Crippen LogP contribution in [0, 0.1) is 0 Å². The highest BCUT2D eigenvalue weighted by Crippen LogP contribution is 2.25. The Bertz CT molecular complexity index is 866. The van der Waals surface area contributed by atoms with Crippen molar-refractivity contribution in [3.05, 3.63) is 24.3 Å². The molecule has 146 valence electrons. The molecule has 0 spiro atoms. The summed E-state index contributed by atoms with van der Waals surface area (Å²) in [6, 6.07) is 6.62. The van der Waals surface area contributed by atoms with Crippen LogP contribution in [0.2, 0.25) is 0 Å². The van der Waals surface area contributed by atoms with Gasteiger partial charge in [0.25, 0.3) is 5.91 Å². The lowest BCUT2D eigenvalue weighted by atomic mass is 10.1. The average Bonchev–Trinajstić information content (AvgIpc) is 3.01. The number of ether oxygens (including phenoxy) is 1. The Balaban J connectivity index is 1.75. The van der Waals surface area contributed by atoms with Crippen molar-refractivity contribution in [2.75, 3.05) is 23.4 Å². The number of benzene rings is 1. The molecule has 0 saturated carbocycles. The van der Waals surface area contributed by atoms with Crippen molar-refractivity contribution >= 4 is 33.1 Å². The third-order valence-corrected chi connectivity index (χ3v) is 6.22. The molecule has 1 unspecified atom stereocenters. The number of hydrogen-bond donors (Lipinski definition) is 1. The van der Waals surface area contributed by atoms with Gasteiger partial charge in [0.05, 0.1) is 29.8 Å². The van der Waals surface area contributed by atoms with Gasteiger partial charge in [-0.2, -0.15) is 5.10 Å². The normalized spacial score (nSPS) is 21.7. The second-order valence-corrected chi connectivity index (χ2v) is 8.87. The van der Waals surface area contributed by atoms with Gasteiger partial charge < -0.3 is 10.1 Å². The highest BCUT2D eigenvalue weighted by molar-refractivity contribution is 7.91. The summed E-state index contributed by atoms with van der Waals surface area (Å²) in [4.78, 5) is 24.8. The molecule has 1 N–H and O–H groups in total. The first-order valence-electron chi connectivity index (χ1n) is 9.03. The van der Waals surface area contributed by atoms with Crippen molar-refractivity contribution in [1.82, 2.24) is 5.01 Å². The molecular weight excluding hydrogens is 370 g/mol. The first-order chi connectivity index (χ1) is 12.9. The van der Waals surface area contributed by atoms with Crippen molar-refractivity contribution in [2.24, 2.45) is 5.10 Å². The number of sulfone groups is 1. The maximum atomic E-state index is 12.6. The minimum absolute atomic E-state index is 0.0423. The molecule has 9 heteroatoms. The van der Waals surface area contributed by atoms with Crippen LogP contribution in [0.4, 0.5) is 5.69 Å². The maximum absolute atomic E-state index is 12.6. The summed E-state index contributed by atoms with van der Waals surface area (Å²) in [6.45, 7) is 2.53. The highest BCUT2D eigenvalue weighted by Gasteiger charge is 2.37. The second-order valence-electron chi connectivity index (χ2n) is 6.64. The molecule has 1 aromatic rings. The van der Waals surface area contributed by atoms with E-state index < -0.39 is 21.8 Å². The molecule has 1 aromatic carbocycles. The number of nitrogens with one attached hydrogen (secondary N) is 1. The van der Waals surface area contributed by atoms with Crippen molar-refractivity contribution in [3.8, 4) is 5.75 Å². The number of rotatable bonds is 6. The molecule has 3 rings (SSSR count). The summed E-state index contributed by atoms with van der Waals surface area (Å²) >= 11 is 0. The van der Waals surface area contributed by atoms with E-state index in [1.54, 1.807) is 18.2 Å². The van der Waals surface area contributed by atoms with Gasteiger partial charge in [-0.1, -0.05) is 19.1 Å². The van der Waals surface area contributed by atoms with Gasteiger partial charge in [0.15, 0.2) is 9.84 Å². The van der Waals surface area contributed by atoms with Gasteiger partial charge in [-0.3, -0.25) is 9.59 Å². The Labute approximate surface area is 158 Å². The van der Waals surface area contributed by atoms with Gasteiger partial charge in [-0.15, -0.1) is 0 Å². The van der Waals surface area contributed by atoms with Crippen molar-refractivity contribution in [1.29, 1.82) is 0 Å². The lowest BCUT2D eigenvalue weighted by molar-refractivity contribution is -0.133. The molecule has 2 aliphatic heterocycles. The number of para-hydroxylation sites is 2. The number of amides is 2. The lowest BCUT2D eigenvalue weighted by Gasteiger charge is -2.27. The van der Waals surface area contributed by atoms with Crippen LogP contribution in [0.5, 0.6) is 5.75 Å². The molecule has 1 fully saturated rings. The SMILES string of the molecule is CCCOc1ccccc1NC(=O)C1=NN(C2CCS(=O)(=O)C2)C(=O)CC1. The Kier molecular flexibility index (Phi) is 5.79. The predicted octanol–water partition coefficient (Wildman–Crippen LogP) is 1.58. The number of carbonyl (C=O) groups is 2. The quantitative estimate of drug-likeness (QED) is 0.790. The largest absolute Gasteiger partial charge is 0.491 e. The van der Waals surface area contributed by atoms with E-state index >= 15 is 0 Å². The van der Waals surface area contributed by atoms with Gasteiger partial charge >= 0.3 is 0 Å². The third kappa shape index (κ3) is 4.65. The van der Waals surface area contributed by atoms with Gasteiger partial charge in [0.1, 0.15) is 11.5 Å². The van der Waals surface area contributed by atoms with E-state index in [1.165, 1.54) is 5.01 Å². The van der Waals surface area contributed by atoms with Crippen molar-refractivity contribution < 1.29 is 22.7 Å². The molecule has 27 heavy (non-hydrogen) atoms. The third-order valence-electron chi connectivity index (χ3n) is 4.47. The van der Waals surface area contributed by atoms with Crippen LogP contribution in [0.1, 0.15) is 32.6 Å². The second kappa shape index (κ2) is 8.08. The van der Waals surface area contributed by atoms with Crippen LogP contribution in [0.15, 0.2) is 29.4 Å². The summed E-state index contributed by atoms with van der Waals surface area (Å²) in [5.41, 5.74) is 0.745. The Hall–Kier alpha value is -2.42. The van der Waals surface area contributed by atoms with E-state index in [0.717, 1.165) is 6.42 Å². The molecule has 0 aliphatic carbocycles. The molecule has 2 amide bonds.